The number of aromatic nitrogens is 1. The third-order valence-corrected chi connectivity index (χ3v) is 4.42. The lowest BCUT2D eigenvalue weighted by Crippen LogP contribution is -2.21. The van der Waals surface area contributed by atoms with Gasteiger partial charge >= 0.3 is 5.97 Å². The summed E-state index contributed by atoms with van der Waals surface area (Å²) in [6, 6.07) is 14.6. The van der Waals surface area contributed by atoms with Crippen LogP contribution in [0.5, 0.6) is 0 Å². The molecule has 3 rings (SSSR count). The van der Waals surface area contributed by atoms with Crippen LogP contribution in [-0.2, 0) is 4.74 Å². The minimum atomic E-state index is -1.05. The van der Waals surface area contributed by atoms with Crippen LogP contribution in [0, 0.1) is 27.7 Å². The Kier molecular flexibility index (Phi) is 5.21. The highest BCUT2D eigenvalue weighted by Crippen LogP contribution is 2.26. The van der Waals surface area contributed by atoms with E-state index in [1.807, 2.05) is 38.1 Å². The van der Waals surface area contributed by atoms with Crippen molar-refractivity contribution in [3.63, 3.8) is 0 Å². The Labute approximate surface area is 158 Å². The number of ketones is 1. The Balaban J connectivity index is 1.97. The number of carbonyl (C=O) groups excluding carboxylic acids is 2. The number of esters is 1. The summed E-state index contributed by atoms with van der Waals surface area (Å²) in [6.45, 7) is 7.20. The maximum atomic E-state index is 13.1. The first-order valence-electron chi connectivity index (χ1n) is 8.68. The van der Waals surface area contributed by atoms with Crippen LogP contribution in [0.3, 0.4) is 0 Å². The lowest BCUT2D eigenvalue weighted by atomic mass is 9.98. The first-order valence-corrected chi connectivity index (χ1v) is 8.68. The number of ether oxygens (including phenoxy) is 1. The van der Waals surface area contributed by atoms with Crippen molar-refractivity contribution < 1.29 is 18.8 Å². The zero-order valence-corrected chi connectivity index (χ0v) is 15.8. The van der Waals surface area contributed by atoms with Crippen LogP contribution in [0.25, 0.3) is 0 Å². The number of nitrogens with zero attached hydrogens (tertiary/aromatic N) is 1. The normalized spacial score (nSPS) is 11.9. The molecule has 0 radical (unpaired) electrons. The summed E-state index contributed by atoms with van der Waals surface area (Å²) in [5, 5.41) is 3.78. The molecular weight excluding hydrogens is 342 g/mol. The molecule has 0 fully saturated rings. The molecule has 0 spiro atoms. The first kappa shape index (κ1) is 18.6. The molecular formula is C22H21NO4. The molecule has 0 aliphatic heterocycles. The van der Waals surface area contributed by atoms with Crippen LogP contribution in [0.15, 0.2) is 53.1 Å². The second-order valence-electron chi connectivity index (χ2n) is 6.63. The second-order valence-corrected chi connectivity index (χ2v) is 6.63. The summed E-state index contributed by atoms with van der Waals surface area (Å²) < 4.78 is 10.7. The highest BCUT2D eigenvalue weighted by molar-refractivity contribution is 6.02. The number of hydrogen-bond donors (Lipinski definition) is 0. The van der Waals surface area contributed by atoms with E-state index in [1.165, 1.54) is 0 Å². The zero-order valence-electron chi connectivity index (χ0n) is 15.8. The minimum Gasteiger partial charge on any atom is -0.445 e. The Bertz CT molecular complexity index is 949. The molecule has 0 saturated heterocycles. The molecule has 0 aliphatic rings. The van der Waals surface area contributed by atoms with E-state index in [4.69, 9.17) is 9.26 Å². The third kappa shape index (κ3) is 3.97. The van der Waals surface area contributed by atoms with Crippen LogP contribution in [0.2, 0.25) is 0 Å². The van der Waals surface area contributed by atoms with E-state index in [1.54, 1.807) is 38.1 Å². The van der Waals surface area contributed by atoms with Crippen molar-refractivity contribution in [2.45, 2.75) is 33.8 Å². The minimum absolute atomic E-state index is 0.254. The van der Waals surface area contributed by atoms with Crippen LogP contribution < -0.4 is 0 Å². The lowest BCUT2D eigenvalue weighted by molar-refractivity contribution is 0.0277. The fraction of sp³-hybridized carbons (Fsp3) is 0.227. The molecule has 0 saturated carbocycles. The molecule has 1 heterocycles. The molecule has 1 atom stereocenters. The average Bonchev–Trinajstić information content (AvgIpc) is 2.99. The molecule has 5 heteroatoms. The number of Topliss-reactive ketones (excluding diaryl/α,β-unsaturated/α-hetero) is 1. The highest BCUT2D eigenvalue weighted by Gasteiger charge is 2.29. The summed E-state index contributed by atoms with van der Waals surface area (Å²) in [6.07, 6.45) is -1.05. The Morgan fingerprint density at radius 2 is 1.44 bits per heavy atom. The van der Waals surface area contributed by atoms with Crippen LogP contribution in [0.4, 0.5) is 0 Å². The van der Waals surface area contributed by atoms with Gasteiger partial charge in [-0.2, -0.15) is 0 Å². The van der Waals surface area contributed by atoms with Gasteiger partial charge < -0.3 is 9.26 Å². The van der Waals surface area contributed by atoms with E-state index >= 15 is 0 Å². The second kappa shape index (κ2) is 7.58. The summed E-state index contributed by atoms with van der Waals surface area (Å²) in [5.41, 5.74) is 3.89. The molecule has 2 aromatic carbocycles. The molecule has 0 aliphatic carbocycles. The largest absolute Gasteiger partial charge is 0.445 e. The molecule has 3 aromatic rings. The van der Waals surface area contributed by atoms with E-state index in [0.717, 1.165) is 11.1 Å². The van der Waals surface area contributed by atoms with Gasteiger partial charge in [-0.25, -0.2) is 4.79 Å². The van der Waals surface area contributed by atoms with Crippen molar-refractivity contribution in [2.24, 2.45) is 0 Å². The van der Waals surface area contributed by atoms with Crippen molar-refractivity contribution in [1.82, 2.24) is 5.16 Å². The van der Waals surface area contributed by atoms with Crippen molar-refractivity contribution >= 4 is 11.8 Å². The number of carbonyl (C=O) groups is 2. The van der Waals surface area contributed by atoms with Crippen molar-refractivity contribution in [1.29, 1.82) is 0 Å². The first-order chi connectivity index (χ1) is 12.9. The standard InChI is InChI=1S/C22H21NO4/c1-13-5-9-17(10-6-13)20(24)21(18-11-7-14(2)8-12-18)26-22(25)19-15(3)23-27-16(19)4/h5-12,21H,1-4H3/t21-/m1/s1. The van der Waals surface area contributed by atoms with Gasteiger partial charge in [-0.05, 0) is 27.7 Å². The summed E-state index contributed by atoms with van der Waals surface area (Å²) >= 11 is 0. The molecule has 0 bridgehead atoms. The number of hydrogen-bond acceptors (Lipinski definition) is 5. The van der Waals surface area contributed by atoms with Gasteiger partial charge in [0, 0.05) is 11.1 Å². The maximum Gasteiger partial charge on any atom is 0.344 e. The lowest BCUT2D eigenvalue weighted by Gasteiger charge is -2.18. The van der Waals surface area contributed by atoms with Crippen molar-refractivity contribution in [3.8, 4) is 0 Å². The Morgan fingerprint density at radius 1 is 0.889 bits per heavy atom. The van der Waals surface area contributed by atoms with Gasteiger partial charge in [0.1, 0.15) is 11.3 Å². The number of rotatable bonds is 5. The van der Waals surface area contributed by atoms with Crippen LogP contribution in [0.1, 0.15) is 55.0 Å². The van der Waals surface area contributed by atoms with Gasteiger partial charge in [-0.1, -0.05) is 64.8 Å². The molecule has 1 aromatic heterocycles. The van der Waals surface area contributed by atoms with Gasteiger partial charge in [0.15, 0.2) is 6.10 Å². The molecule has 0 unspecified atom stereocenters. The molecule has 5 nitrogen and oxygen atoms in total. The Hall–Kier alpha value is -3.21. The maximum absolute atomic E-state index is 13.1. The smallest absolute Gasteiger partial charge is 0.344 e. The van der Waals surface area contributed by atoms with Gasteiger partial charge in [0.05, 0.1) is 5.69 Å². The van der Waals surface area contributed by atoms with Gasteiger partial charge in [-0.15, -0.1) is 0 Å². The van der Waals surface area contributed by atoms with E-state index in [9.17, 15) is 9.59 Å². The fourth-order valence-corrected chi connectivity index (χ4v) is 2.82. The van der Waals surface area contributed by atoms with Gasteiger partial charge in [0.25, 0.3) is 0 Å². The van der Waals surface area contributed by atoms with Crippen molar-refractivity contribution in [3.05, 3.63) is 87.8 Å². The predicted octanol–water partition coefficient (Wildman–Crippen LogP) is 4.69. The summed E-state index contributed by atoms with van der Waals surface area (Å²) in [5.74, 6) is -0.542. The quantitative estimate of drug-likeness (QED) is 0.486. The summed E-state index contributed by atoms with van der Waals surface area (Å²) in [7, 11) is 0. The van der Waals surface area contributed by atoms with E-state index in [-0.39, 0.29) is 11.3 Å². The molecule has 138 valence electrons. The van der Waals surface area contributed by atoms with E-state index < -0.39 is 12.1 Å². The highest BCUT2D eigenvalue weighted by atomic mass is 16.5. The Morgan fingerprint density at radius 3 is 1.96 bits per heavy atom. The van der Waals surface area contributed by atoms with Crippen LogP contribution >= 0.6 is 0 Å². The number of aryl methyl sites for hydroxylation is 4. The monoisotopic (exact) mass is 363 g/mol. The SMILES string of the molecule is Cc1ccc(C(=O)[C@H](OC(=O)c2c(C)noc2C)c2ccc(C)cc2)cc1. The van der Waals surface area contributed by atoms with Crippen LogP contribution in [-0.4, -0.2) is 16.9 Å². The predicted molar refractivity (Wildman–Crippen MR) is 101 cm³/mol. The number of benzene rings is 2. The van der Waals surface area contributed by atoms with E-state index in [2.05, 4.69) is 5.16 Å². The third-order valence-electron chi connectivity index (χ3n) is 4.42. The summed E-state index contributed by atoms with van der Waals surface area (Å²) in [4.78, 5) is 25.8. The van der Waals surface area contributed by atoms with Gasteiger partial charge in [0.2, 0.25) is 5.78 Å². The average molecular weight is 363 g/mol. The molecule has 0 amide bonds. The fourth-order valence-electron chi connectivity index (χ4n) is 2.82. The molecule has 0 N–H and O–H groups in total. The molecule has 27 heavy (non-hydrogen) atoms. The van der Waals surface area contributed by atoms with Gasteiger partial charge in [-0.3, -0.25) is 4.79 Å². The topological polar surface area (TPSA) is 69.4 Å². The van der Waals surface area contributed by atoms with E-state index in [0.29, 0.717) is 22.6 Å². The zero-order chi connectivity index (χ0) is 19.6. The van der Waals surface area contributed by atoms with Crippen molar-refractivity contribution in [2.75, 3.05) is 0 Å².